The van der Waals surface area contributed by atoms with Crippen LogP contribution in [0.3, 0.4) is 0 Å². The van der Waals surface area contributed by atoms with Crippen LogP contribution in [0.4, 0.5) is 5.69 Å². The molecule has 1 atom stereocenters. The normalized spacial score (nSPS) is 18.5. The number of nitrogens with zero attached hydrogens (tertiary/aromatic N) is 1. The molecule has 0 spiro atoms. The molecule has 1 N–H and O–H groups in total. The van der Waals surface area contributed by atoms with Crippen LogP contribution in [0.25, 0.3) is 0 Å². The Hall–Kier alpha value is -1.22. The lowest BCUT2D eigenvalue weighted by atomic mass is 9.90. The van der Waals surface area contributed by atoms with Crippen molar-refractivity contribution in [3.63, 3.8) is 0 Å². The summed E-state index contributed by atoms with van der Waals surface area (Å²) in [6, 6.07) is 6.86. The SMILES string of the molecule is CCCN1CCC(C(C)Nc2ccc(C)cc2OC)CC1. The number of benzene rings is 1. The van der Waals surface area contributed by atoms with Crippen molar-refractivity contribution in [2.75, 3.05) is 32.1 Å². The van der Waals surface area contributed by atoms with Gasteiger partial charge in [-0.1, -0.05) is 13.0 Å². The molecule has 1 unspecified atom stereocenters. The van der Waals surface area contributed by atoms with E-state index in [1.807, 2.05) is 0 Å². The standard InChI is InChI=1S/C18H30N2O/c1-5-10-20-11-8-16(9-12-20)15(3)19-17-7-6-14(2)13-18(17)21-4/h6-7,13,15-16,19H,5,8-12H2,1-4H3. The minimum absolute atomic E-state index is 0.491. The third kappa shape index (κ3) is 4.37. The summed E-state index contributed by atoms with van der Waals surface area (Å²) >= 11 is 0. The van der Waals surface area contributed by atoms with E-state index in [0.29, 0.717) is 6.04 Å². The Morgan fingerprint density at radius 2 is 2.05 bits per heavy atom. The Morgan fingerprint density at radius 3 is 2.67 bits per heavy atom. The predicted molar refractivity (Wildman–Crippen MR) is 90.3 cm³/mol. The number of anilines is 1. The molecule has 0 aliphatic carbocycles. The van der Waals surface area contributed by atoms with Crippen molar-refractivity contribution in [2.24, 2.45) is 5.92 Å². The number of hydrogen-bond acceptors (Lipinski definition) is 3. The third-order valence-corrected chi connectivity index (χ3v) is 4.62. The molecule has 1 heterocycles. The van der Waals surface area contributed by atoms with Gasteiger partial charge in [0.25, 0.3) is 0 Å². The number of rotatable bonds is 6. The van der Waals surface area contributed by atoms with Crippen molar-refractivity contribution in [3.8, 4) is 5.75 Å². The fourth-order valence-corrected chi connectivity index (χ4v) is 3.27. The van der Waals surface area contributed by atoms with E-state index < -0.39 is 0 Å². The number of hydrogen-bond donors (Lipinski definition) is 1. The third-order valence-electron chi connectivity index (χ3n) is 4.62. The van der Waals surface area contributed by atoms with Gasteiger partial charge in [0.1, 0.15) is 5.75 Å². The Kier molecular flexibility index (Phi) is 5.92. The molecule has 1 aliphatic rings. The molecular formula is C18H30N2O. The van der Waals surface area contributed by atoms with Gasteiger partial charge in [-0.15, -0.1) is 0 Å². The van der Waals surface area contributed by atoms with Gasteiger partial charge in [0.05, 0.1) is 12.8 Å². The zero-order chi connectivity index (χ0) is 15.2. The van der Waals surface area contributed by atoms with Gasteiger partial charge in [-0.25, -0.2) is 0 Å². The summed E-state index contributed by atoms with van der Waals surface area (Å²) < 4.78 is 5.49. The first-order valence-electron chi connectivity index (χ1n) is 8.27. The average molecular weight is 290 g/mol. The van der Waals surface area contributed by atoms with E-state index in [9.17, 15) is 0 Å². The van der Waals surface area contributed by atoms with E-state index in [0.717, 1.165) is 17.4 Å². The minimum atomic E-state index is 0.491. The molecule has 3 nitrogen and oxygen atoms in total. The van der Waals surface area contributed by atoms with Gasteiger partial charge < -0.3 is 15.0 Å². The van der Waals surface area contributed by atoms with Crippen LogP contribution in [0.1, 0.15) is 38.7 Å². The summed E-state index contributed by atoms with van der Waals surface area (Å²) in [4.78, 5) is 2.59. The molecular weight excluding hydrogens is 260 g/mol. The quantitative estimate of drug-likeness (QED) is 0.859. The Morgan fingerprint density at radius 1 is 1.33 bits per heavy atom. The van der Waals surface area contributed by atoms with Gasteiger partial charge in [0.15, 0.2) is 0 Å². The lowest BCUT2D eigenvalue weighted by molar-refractivity contribution is 0.176. The van der Waals surface area contributed by atoms with Crippen molar-refractivity contribution in [1.82, 2.24) is 4.90 Å². The van der Waals surface area contributed by atoms with Crippen LogP contribution in [0.5, 0.6) is 5.75 Å². The molecule has 1 aromatic rings. The maximum atomic E-state index is 5.49. The lowest BCUT2D eigenvalue weighted by Crippen LogP contribution is -2.39. The van der Waals surface area contributed by atoms with Crippen LogP contribution in [-0.2, 0) is 0 Å². The number of nitrogens with one attached hydrogen (secondary N) is 1. The van der Waals surface area contributed by atoms with E-state index in [4.69, 9.17) is 4.74 Å². The molecule has 2 rings (SSSR count). The highest BCUT2D eigenvalue weighted by Crippen LogP contribution is 2.29. The largest absolute Gasteiger partial charge is 0.495 e. The molecule has 0 amide bonds. The number of likely N-dealkylation sites (tertiary alicyclic amines) is 1. The monoisotopic (exact) mass is 290 g/mol. The van der Waals surface area contributed by atoms with Crippen molar-refractivity contribution >= 4 is 5.69 Å². The van der Waals surface area contributed by atoms with E-state index in [2.05, 4.69) is 49.2 Å². The van der Waals surface area contributed by atoms with Gasteiger partial charge in [-0.2, -0.15) is 0 Å². The van der Waals surface area contributed by atoms with Gasteiger partial charge in [-0.3, -0.25) is 0 Å². The summed E-state index contributed by atoms with van der Waals surface area (Å²) in [6.45, 7) is 10.4. The fourth-order valence-electron chi connectivity index (χ4n) is 3.27. The first-order chi connectivity index (χ1) is 10.1. The first-order valence-corrected chi connectivity index (χ1v) is 8.27. The van der Waals surface area contributed by atoms with Crippen LogP contribution in [-0.4, -0.2) is 37.7 Å². The molecule has 1 aliphatic heterocycles. The molecule has 21 heavy (non-hydrogen) atoms. The first kappa shape index (κ1) is 16.2. The smallest absolute Gasteiger partial charge is 0.142 e. The number of piperidine rings is 1. The highest BCUT2D eigenvalue weighted by molar-refractivity contribution is 5.58. The lowest BCUT2D eigenvalue weighted by Gasteiger charge is -2.35. The van der Waals surface area contributed by atoms with E-state index >= 15 is 0 Å². The Bertz CT molecular complexity index is 439. The highest BCUT2D eigenvalue weighted by atomic mass is 16.5. The van der Waals surface area contributed by atoms with Gasteiger partial charge >= 0.3 is 0 Å². The fraction of sp³-hybridized carbons (Fsp3) is 0.667. The zero-order valence-electron chi connectivity index (χ0n) is 14.0. The molecule has 1 fully saturated rings. The zero-order valence-corrected chi connectivity index (χ0v) is 14.0. The van der Waals surface area contributed by atoms with E-state index in [1.54, 1.807) is 7.11 Å². The Labute approximate surface area is 129 Å². The molecule has 1 aromatic carbocycles. The maximum Gasteiger partial charge on any atom is 0.142 e. The summed E-state index contributed by atoms with van der Waals surface area (Å²) in [5, 5.41) is 3.66. The van der Waals surface area contributed by atoms with Gasteiger partial charge in [0.2, 0.25) is 0 Å². The second kappa shape index (κ2) is 7.69. The van der Waals surface area contributed by atoms with E-state index in [-0.39, 0.29) is 0 Å². The summed E-state index contributed by atoms with van der Waals surface area (Å²) in [5.41, 5.74) is 2.35. The number of methoxy groups -OCH3 is 1. The predicted octanol–water partition coefficient (Wildman–Crippen LogP) is 3.93. The van der Waals surface area contributed by atoms with Crippen LogP contribution < -0.4 is 10.1 Å². The van der Waals surface area contributed by atoms with Crippen LogP contribution in [0.15, 0.2) is 18.2 Å². The summed E-state index contributed by atoms with van der Waals surface area (Å²) in [7, 11) is 1.74. The highest BCUT2D eigenvalue weighted by Gasteiger charge is 2.23. The van der Waals surface area contributed by atoms with Gasteiger partial charge in [0, 0.05) is 6.04 Å². The van der Waals surface area contributed by atoms with Crippen molar-refractivity contribution in [1.29, 1.82) is 0 Å². The van der Waals surface area contributed by atoms with Crippen molar-refractivity contribution in [2.45, 2.75) is 46.1 Å². The minimum Gasteiger partial charge on any atom is -0.495 e. The van der Waals surface area contributed by atoms with Crippen molar-refractivity contribution < 1.29 is 4.74 Å². The molecule has 0 saturated carbocycles. The summed E-state index contributed by atoms with van der Waals surface area (Å²) in [5.74, 6) is 1.70. The topological polar surface area (TPSA) is 24.5 Å². The maximum absolute atomic E-state index is 5.49. The second-order valence-electron chi connectivity index (χ2n) is 6.32. The Balaban J connectivity index is 1.91. The van der Waals surface area contributed by atoms with Crippen molar-refractivity contribution in [3.05, 3.63) is 23.8 Å². The average Bonchev–Trinajstić information content (AvgIpc) is 2.50. The second-order valence-corrected chi connectivity index (χ2v) is 6.32. The molecule has 0 bridgehead atoms. The number of ether oxygens (including phenoxy) is 1. The molecule has 3 heteroatoms. The van der Waals surface area contributed by atoms with Crippen LogP contribution in [0, 0.1) is 12.8 Å². The van der Waals surface area contributed by atoms with E-state index in [1.165, 1.54) is 44.5 Å². The molecule has 0 radical (unpaired) electrons. The van der Waals surface area contributed by atoms with Crippen LogP contribution >= 0.6 is 0 Å². The van der Waals surface area contributed by atoms with Crippen LogP contribution in [0.2, 0.25) is 0 Å². The van der Waals surface area contributed by atoms with Gasteiger partial charge in [-0.05, 0) is 76.4 Å². The molecule has 118 valence electrons. The molecule has 0 aromatic heterocycles. The summed E-state index contributed by atoms with van der Waals surface area (Å²) in [6.07, 6.45) is 3.85. The number of aryl methyl sites for hydroxylation is 1. The molecule has 1 saturated heterocycles.